The third-order valence-corrected chi connectivity index (χ3v) is 5.52. The summed E-state index contributed by atoms with van der Waals surface area (Å²) in [7, 11) is 0. The van der Waals surface area contributed by atoms with Gasteiger partial charge in [0.2, 0.25) is 0 Å². The second-order valence-corrected chi connectivity index (χ2v) is 7.38. The first-order valence-corrected chi connectivity index (χ1v) is 9.40. The number of anilines is 1. The molecule has 0 amide bonds. The fourth-order valence-corrected chi connectivity index (χ4v) is 3.82. The van der Waals surface area contributed by atoms with E-state index in [1.165, 1.54) is 0 Å². The lowest BCUT2D eigenvalue weighted by atomic mass is 10.2. The van der Waals surface area contributed by atoms with Crippen molar-refractivity contribution in [3.63, 3.8) is 0 Å². The Morgan fingerprint density at radius 1 is 1.19 bits per heavy atom. The van der Waals surface area contributed by atoms with Crippen molar-refractivity contribution < 1.29 is 9.53 Å². The maximum Gasteiger partial charge on any atom is 0.338 e. The number of para-hydroxylation sites is 1. The molecule has 6 heteroatoms. The van der Waals surface area contributed by atoms with Crippen molar-refractivity contribution in [2.45, 2.75) is 26.4 Å². The number of hydrogen-bond donors (Lipinski definition) is 0. The fraction of sp³-hybridized carbons (Fsp3) is 0.250. The molecule has 132 valence electrons. The van der Waals surface area contributed by atoms with Gasteiger partial charge in [-0.25, -0.2) is 9.78 Å². The average Bonchev–Trinajstić information content (AvgIpc) is 3.28. The van der Waals surface area contributed by atoms with Crippen molar-refractivity contribution in [2.24, 2.45) is 5.10 Å². The third kappa shape index (κ3) is 3.32. The van der Waals surface area contributed by atoms with E-state index in [0.717, 1.165) is 39.6 Å². The molecule has 1 atom stereocenters. The SMILES string of the molecule is CC1=NN(c2ccc(C(=O)O[C@H](C)c3nc4ccccc4s3)cc2)CC1. The monoisotopic (exact) mass is 365 g/mol. The topological polar surface area (TPSA) is 54.8 Å². The second-order valence-electron chi connectivity index (χ2n) is 6.32. The summed E-state index contributed by atoms with van der Waals surface area (Å²) in [4.78, 5) is 17.0. The van der Waals surface area contributed by atoms with E-state index in [0.29, 0.717) is 5.56 Å². The summed E-state index contributed by atoms with van der Waals surface area (Å²) in [6.07, 6.45) is 0.592. The van der Waals surface area contributed by atoms with Gasteiger partial charge in [-0.05, 0) is 50.2 Å². The van der Waals surface area contributed by atoms with Crippen LogP contribution in [0.3, 0.4) is 0 Å². The zero-order valence-corrected chi connectivity index (χ0v) is 15.5. The molecule has 0 bridgehead atoms. The standard InChI is InChI=1S/C20H19N3O2S/c1-13-11-12-23(22-13)16-9-7-15(8-10-16)20(24)25-14(2)19-21-17-5-3-4-6-18(17)26-19/h3-10,14H,11-12H2,1-2H3/t14-/m1/s1. The van der Waals surface area contributed by atoms with Crippen LogP contribution in [-0.4, -0.2) is 23.2 Å². The van der Waals surface area contributed by atoms with Gasteiger partial charge in [-0.3, -0.25) is 5.01 Å². The van der Waals surface area contributed by atoms with Gasteiger partial charge in [0.05, 0.1) is 21.5 Å². The minimum atomic E-state index is -0.384. The van der Waals surface area contributed by atoms with Crippen LogP contribution in [0.2, 0.25) is 0 Å². The van der Waals surface area contributed by atoms with Crippen LogP contribution in [0.5, 0.6) is 0 Å². The molecular formula is C20H19N3O2S. The molecule has 0 saturated heterocycles. The summed E-state index contributed by atoms with van der Waals surface area (Å²) in [5.74, 6) is -0.343. The van der Waals surface area contributed by atoms with Crippen LogP contribution in [0.4, 0.5) is 5.69 Å². The molecule has 0 spiro atoms. The Hall–Kier alpha value is -2.73. The Balaban J connectivity index is 1.45. The lowest BCUT2D eigenvalue weighted by Crippen LogP contribution is -2.13. The van der Waals surface area contributed by atoms with Crippen molar-refractivity contribution in [3.8, 4) is 0 Å². The molecule has 2 heterocycles. The van der Waals surface area contributed by atoms with E-state index in [1.807, 2.05) is 55.3 Å². The van der Waals surface area contributed by atoms with Crippen LogP contribution < -0.4 is 5.01 Å². The summed E-state index contributed by atoms with van der Waals surface area (Å²) in [6, 6.07) is 15.3. The van der Waals surface area contributed by atoms with Crippen molar-refractivity contribution in [1.82, 2.24) is 4.98 Å². The molecule has 0 unspecified atom stereocenters. The molecule has 3 aromatic rings. The average molecular weight is 365 g/mol. The highest BCUT2D eigenvalue weighted by atomic mass is 32.1. The summed E-state index contributed by atoms with van der Waals surface area (Å²) < 4.78 is 6.70. The summed E-state index contributed by atoms with van der Waals surface area (Å²) in [5, 5.41) is 7.23. The van der Waals surface area contributed by atoms with Gasteiger partial charge in [0.1, 0.15) is 5.01 Å². The summed E-state index contributed by atoms with van der Waals surface area (Å²) >= 11 is 1.55. The highest BCUT2D eigenvalue weighted by molar-refractivity contribution is 7.18. The van der Waals surface area contributed by atoms with E-state index < -0.39 is 0 Å². The Morgan fingerprint density at radius 3 is 2.65 bits per heavy atom. The van der Waals surface area contributed by atoms with Crippen molar-refractivity contribution in [1.29, 1.82) is 0 Å². The van der Waals surface area contributed by atoms with E-state index in [-0.39, 0.29) is 12.1 Å². The molecular weight excluding hydrogens is 346 g/mol. The van der Waals surface area contributed by atoms with Crippen LogP contribution >= 0.6 is 11.3 Å². The first-order chi connectivity index (χ1) is 12.6. The molecule has 5 nitrogen and oxygen atoms in total. The molecule has 0 saturated carbocycles. The van der Waals surface area contributed by atoms with Crippen LogP contribution in [-0.2, 0) is 4.74 Å². The summed E-state index contributed by atoms with van der Waals surface area (Å²) in [5.41, 5.74) is 3.57. The molecule has 0 N–H and O–H groups in total. The van der Waals surface area contributed by atoms with Gasteiger partial charge >= 0.3 is 5.97 Å². The van der Waals surface area contributed by atoms with Crippen LogP contribution in [0, 0.1) is 0 Å². The predicted molar refractivity (Wildman–Crippen MR) is 105 cm³/mol. The molecule has 1 aliphatic rings. The van der Waals surface area contributed by atoms with Gasteiger partial charge < -0.3 is 4.74 Å². The van der Waals surface area contributed by atoms with Crippen LogP contribution in [0.1, 0.15) is 41.7 Å². The zero-order chi connectivity index (χ0) is 18.1. The third-order valence-electron chi connectivity index (χ3n) is 4.32. The van der Waals surface area contributed by atoms with Gasteiger partial charge in [0, 0.05) is 18.7 Å². The minimum absolute atomic E-state index is 0.343. The highest BCUT2D eigenvalue weighted by Gasteiger charge is 2.18. The van der Waals surface area contributed by atoms with Crippen LogP contribution in [0.25, 0.3) is 10.2 Å². The number of hydrogen-bond acceptors (Lipinski definition) is 6. The number of nitrogens with zero attached hydrogens (tertiary/aromatic N) is 3. The van der Waals surface area contributed by atoms with E-state index >= 15 is 0 Å². The summed E-state index contributed by atoms with van der Waals surface area (Å²) in [6.45, 7) is 4.76. The number of carbonyl (C=O) groups is 1. The Bertz CT molecular complexity index is 945. The number of aromatic nitrogens is 1. The maximum atomic E-state index is 12.4. The molecule has 0 radical (unpaired) electrons. The van der Waals surface area contributed by atoms with Gasteiger partial charge in [-0.1, -0.05) is 12.1 Å². The minimum Gasteiger partial charge on any atom is -0.452 e. The van der Waals surface area contributed by atoms with E-state index in [9.17, 15) is 4.79 Å². The van der Waals surface area contributed by atoms with Crippen molar-refractivity contribution in [2.75, 3.05) is 11.6 Å². The largest absolute Gasteiger partial charge is 0.452 e. The lowest BCUT2D eigenvalue weighted by Gasteiger charge is -2.14. The Kier molecular flexibility index (Phi) is 4.42. The maximum absolute atomic E-state index is 12.4. The number of carbonyl (C=O) groups excluding carboxylic acids is 1. The van der Waals surface area contributed by atoms with E-state index in [4.69, 9.17) is 4.74 Å². The second kappa shape index (κ2) is 6.88. The number of fused-ring (bicyclic) bond motifs is 1. The molecule has 26 heavy (non-hydrogen) atoms. The smallest absolute Gasteiger partial charge is 0.338 e. The normalized spacial score (nSPS) is 15.2. The number of rotatable bonds is 4. The van der Waals surface area contributed by atoms with Gasteiger partial charge in [-0.15, -0.1) is 11.3 Å². The molecule has 0 aliphatic carbocycles. The molecule has 1 aliphatic heterocycles. The highest BCUT2D eigenvalue weighted by Crippen LogP contribution is 2.29. The predicted octanol–water partition coefficient (Wildman–Crippen LogP) is 4.80. The van der Waals surface area contributed by atoms with E-state index in [2.05, 4.69) is 10.1 Å². The zero-order valence-electron chi connectivity index (χ0n) is 14.7. The Labute approximate surface area is 155 Å². The molecule has 0 fully saturated rings. The van der Waals surface area contributed by atoms with Crippen molar-refractivity contribution in [3.05, 3.63) is 59.1 Å². The van der Waals surface area contributed by atoms with Gasteiger partial charge in [0.25, 0.3) is 0 Å². The number of hydrazone groups is 1. The molecule has 1 aromatic heterocycles. The fourth-order valence-electron chi connectivity index (χ4n) is 2.87. The Morgan fingerprint density at radius 2 is 1.96 bits per heavy atom. The first kappa shape index (κ1) is 16.7. The van der Waals surface area contributed by atoms with Crippen molar-refractivity contribution >= 4 is 38.9 Å². The number of thiazole rings is 1. The van der Waals surface area contributed by atoms with Gasteiger partial charge in [-0.2, -0.15) is 5.10 Å². The number of esters is 1. The quantitative estimate of drug-likeness (QED) is 0.623. The van der Waals surface area contributed by atoms with Crippen LogP contribution in [0.15, 0.2) is 53.6 Å². The number of ether oxygens (including phenoxy) is 1. The molecule has 2 aromatic carbocycles. The van der Waals surface area contributed by atoms with Gasteiger partial charge in [0.15, 0.2) is 6.10 Å². The van der Waals surface area contributed by atoms with E-state index in [1.54, 1.807) is 23.5 Å². The number of benzene rings is 2. The lowest BCUT2D eigenvalue weighted by molar-refractivity contribution is 0.0338. The molecule has 4 rings (SSSR count). The first-order valence-electron chi connectivity index (χ1n) is 8.58.